The first-order valence-corrected chi connectivity index (χ1v) is 14.3. The molecule has 176 valence electrons. The molecule has 0 spiro atoms. The molecule has 13 heteroatoms. The summed E-state index contributed by atoms with van der Waals surface area (Å²) >= 11 is 3.35. The summed E-state index contributed by atoms with van der Waals surface area (Å²) in [7, 11) is -7.51. The first-order chi connectivity index (χ1) is 15.1. The number of pyridine rings is 1. The summed E-state index contributed by atoms with van der Waals surface area (Å²) in [6.07, 6.45) is 6.17. The lowest BCUT2D eigenvalue weighted by atomic mass is 10.1. The van der Waals surface area contributed by atoms with Crippen molar-refractivity contribution in [2.75, 3.05) is 43.1 Å². The van der Waals surface area contributed by atoms with Gasteiger partial charge in [-0.25, -0.2) is 23.4 Å². The first kappa shape index (κ1) is 25.0. The molecule has 0 N–H and O–H groups in total. The van der Waals surface area contributed by atoms with Crippen LogP contribution in [0, 0.1) is 0 Å². The standard InChI is InChI=1S/C19H26BrN5O5S2/c1-31(26,27)30-17(4-2-5-18-21-8-3-9-22-18)15-32(28,29)25-12-10-24(11-13-25)19-7-6-16(20)14-23-19/h3,6-9,14,17H,2,4-5,10-13,15H2,1H3/t17-/m1/s1. The Balaban J connectivity index is 1.58. The van der Waals surface area contributed by atoms with Gasteiger partial charge in [-0.2, -0.15) is 12.7 Å². The van der Waals surface area contributed by atoms with E-state index in [-0.39, 0.29) is 6.42 Å². The number of hydrogen-bond acceptors (Lipinski definition) is 9. The van der Waals surface area contributed by atoms with Gasteiger partial charge in [-0.05, 0) is 47.0 Å². The molecule has 0 amide bonds. The number of aromatic nitrogens is 3. The highest BCUT2D eigenvalue weighted by molar-refractivity contribution is 9.10. The molecule has 2 aromatic heterocycles. The van der Waals surface area contributed by atoms with Gasteiger partial charge in [-0.15, -0.1) is 0 Å². The fraction of sp³-hybridized carbons (Fsp3) is 0.526. The highest BCUT2D eigenvalue weighted by Gasteiger charge is 2.31. The molecule has 1 aliphatic rings. The summed E-state index contributed by atoms with van der Waals surface area (Å²) < 4.78 is 56.7. The maximum absolute atomic E-state index is 13.0. The molecule has 0 aliphatic carbocycles. The predicted molar refractivity (Wildman–Crippen MR) is 124 cm³/mol. The molecule has 0 bridgehead atoms. The number of hydrogen-bond donors (Lipinski definition) is 0. The van der Waals surface area contributed by atoms with Crippen LogP contribution < -0.4 is 4.90 Å². The van der Waals surface area contributed by atoms with Crippen LogP contribution in [0.3, 0.4) is 0 Å². The van der Waals surface area contributed by atoms with Crippen molar-refractivity contribution in [2.45, 2.75) is 25.4 Å². The van der Waals surface area contributed by atoms with E-state index in [1.165, 1.54) is 4.31 Å². The number of nitrogens with zero attached hydrogens (tertiary/aromatic N) is 5. The van der Waals surface area contributed by atoms with E-state index >= 15 is 0 Å². The highest BCUT2D eigenvalue weighted by atomic mass is 79.9. The zero-order chi connectivity index (χ0) is 23.2. The fourth-order valence-corrected chi connectivity index (χ4v) is 6.06. The molecular formula is C19H26BrN5O5S2. The van der Waals surface area contributed by atoms with Crippen molar-refractivity contribution >= 4 is 41.9 Å². The molecule has 1 fully saturated rings. The van der Waals surface area contributed by atoms with Gasteiger partial charge in [0.15, 0.2) is 0 Å². The van der Waals surface area contributed by atoms with Crippen molar-refractivity contribution in [3.63, 3.8) is 0 Å². The summed E-state index contributed by atoms with van der Waals surface area (Å²) in [6.45, 7) is 1.58. The van der Waals surface area contributed by atoms with E-state index in [1.807, 2.05) is 17.0 Å². The molecule has 3 rings (SSSR count). The smallest absolute Gasteiger partial charge is 0.264 e. The monoisotopic (exact) mass is 547 g/mol. The second-order valence-corrected chi connectivity index (χ2v) is 12.0. The zero-order valence-electron chi connectivity index (χ0n) is 17.7. The van der Waals surface area contributed by atoms with Crippen LogP contribution in [0.4, 0.5) is 5.82 Å². The zero-order valence-corrected chi connectivity index (χ0v) is 20.9. The molecule has 3 heterocycles. The van der Waals surface area contributed by atoms with Crippen LogP contribution in [0.1, 0.15) is 18.7 Å². The molecule has 2 aromatic rings. The van der Waals surface area contributed by atoms with Crippen molar-refractivity contribution in [2.24, 2.45) is 0 Å². The van der Waals surface area contributed by atoms with Crippen LogP contribution in [0.5, 0.6) is 0 Å². The average molecular weight is 548 g/mol. The average Bonchev–Trinajstić information content (AvgIpc) is 2.74. The second kappa shape index (κ2) is 11.0. The first-order valence-electron chi connectivity index (χ1n) is 10.1. The molecule has 0 radical (unpaired) electrons. The van der Waals surface area contributed by atoms with Crippen molar-refractivity contribution in [3.8, 4) is 0 Å². The van der Waals surface area contributed by atoms with Crippen molar-refractivity contribution in [1.29, 1.82) is 0 Å². The number of aryl methyl sites for hydroxylation is 1. The van der Waals surface area contributed by atoms with Crippen LogP contribution in [0.15, 0.2) is 41.3 Å². The second-order valence-electron chi connectivity index (χ2n) is 7.48. The summed E-state index contributed by atoms with van der Waals surface area (Å²) in [5.41, 5.74) is 0. The lowest BCUT2D eigenvalue weighted by Crippen LogP contribution is -2.50. The van der Waals surface area contributed by atoms with Crippen LogP contribution in [0.25, 0.3) is 0 Å². The third-order valence-electron chi connectivity index (χ3n) is 4.92. The molecule has 10 nitrogen and oxygen atoms in total. The van der Waals surface area contributed by atoms with Crippen LogP contribution in [0.2, 0.25) is 0 Å². The third kappa shape index (κ3) is 7.73. The van der Waals surface area contributed by atoms with Crippen molar-refractivity contribution in [3.05, 3.63) is 47.1 Å². The summed E-state index contributed by atoms with van der Waals surface area (Å²) in [4.78, 5) is 14.6. The Morgan fingerprint density at radius 1 is 1.06 bits per heavy atom. The number of piperazine rings is 1. The van der Waals surface area contributed by atoms with E-state index in [2.05, 4.69) is 30.9 Å². The van der Waals surface area contributed by atoms with Gasteiger partial charge in [0.05, 0.1) is 18.1 Å². The Hall–Kier alpha value is -1.67. The summed E-state index contributed by atoms with van der Waals surface area (Å²) in [5.74, 6) is 1.00. The Morgan fingerprint density at radius 2 is 1.75 bits per heavy atom. The molecule has 0 unspecified atom stereocenters. The number of sulfonamides is 1. The summed E-state index contributed by atoms with van der Waals surface area (Å²) in [6, 6.07) is 5.47. The lowest BCUT2D eigenvalue weighted by Gasteiger charge is -2.35. The molecular weight excluding hydrogens is 522 g/mol. The Morgan fingerprint density at radius 3 is 2.34 bits per heavy atom. The molecule has 0 aromatic carbocycles. The molecule has 32 heavy (non-hydrogen) atoms. The molecule has 1 saturated heterocycles. The fourth-order valence-electron chi connectivity index (χ4n) is 3.44. The number of anilines is 1. The summed E-state index contributed by atoms with van der Waals surface area (Å²) in [5, 5.41) is 0. The highest BCUT2D eigenvalue weighted by Crippen LogP contribution is 2.19. The van der Waals surface area contributed by atoms with E-state index in [0.29, 0.717) is 44.8 Å². The van der Waals surface area contributed by atoms with Gasteiger partial charge in [0.1, 0.15) is 11.6 Å². The number of rotatable bonds is 10. The third-order valence-corrected chi connectivity index (χ3v) is 7.96. The molecule has 1 aliphatic heterocycles. The minimum atomic E-state index is -3.80. The van der Waals surface area contributed by atoms with Gasteiger partial charge >= 0.3 is 0 Å². The van der Waals surface area contributed by atoms with Crippen LogP contribution in [-0.4, -0.2) is 80.4 Å². The largest absolute Gasteiger partial charge is 0.354 e. The number of halogens is 1. The van der Waals surface area contributed by atoms with Crippen LogP contribution in [-0.2, 0) is 30.7 Å². The van der Waals surface area contributed by atoms with Crippen molar-refractivity contribution < 1.29 is 21.0 Å². The Bertz CT molecular complexity index is 1080. The van der Waals surface area contributed by atoms with Gasteiger partial charge < -0.3 is 4.90 Å². The normalized spacial score (nSPS) is 16.8. The van der Waals surface area contributed by atoms with E-state index < -0.39 is 32.0 Å². The maximum atomic E-state index is 13.0. The van der Waals surface area contributed by atoms with Gasteiger partial charge in [0, 0.05) is 55.7 Å². The van der Waals surface area contributed by atoms with Crippen molar-refractivity contribution in [1.82, 2.24) is 19.3 Å². The van der Waals surface area contributed by atoms with E-state index in [1.54, 1.807) is 24.7 Å². The van der Waals surface area contributed by atoms with E-state index in [4.69, 9.17) is 4.18 Å². The van der Waals surface area contributed by atoms with Gasteiger partial charge in [-0.3, -0.25) is 4.18 Å². The Labute approximate surface area is 197 Å². The Kier molecular flexibility index (Phi) is 8.55. The quantitative estimate of drug-likeness (QED) is 0.406. The maximum Gasteiger partial charge on any atom is 0.264 e. The minimum absolute atomic E-state index is 0.257. The van der Waals surface area contributed by atoms with Gasteiger partial charge in [-0.1, -0.05) is 0 Å². The lowest BCUT2D eigenvalue weighted by molar-refractivity contribution is 0.216. The molecule has 1 atom stereocenters. The predicted octanol–water partition coefficient (Wildman–Crippen LogP) is 1.45. The van der Waals surface area contributed by atoms with Gasteiger partial charge in [0.2, 0.25) is 10.0 Å². The minimum Gasteiger partial charge on any atom is -0.354 e. The van der Waals surface area contributed by atoms with E-state index in [0.717, 1.165) is 16.5 Å². The van der Waals surface area contributed by atoms with Gasteiger partial charge in [0.25, 0.3) is 10.1 Å². The van der Waals surface area contributed by atoms with E-state index in [9.17, 15) is 16.8 Å². The topological polar surface area (TPSA) is 123 Å². The van der Waals surface area contributed by atoms with Crippen LogP contribution >= 0.6 is 15.9 Å². The SMILES string of the molecule is CS(=O)(=O)O[C@H](CCCc1ncccn1)CS(=O)(=O)N1CCN(c2ccc(Br)cn2)CC1. The molecule has 0 saturated carbocycles.